The molecule has 5 nitrogen and oxygen atoms in total. The van der Waals surface area contributed by atoms with Gasteiger partial charge in [-0.3, -0.25) is 0 Å². The van der Waals surface area contributed by atoms with E-state index in [0.29, 0.717) is 6.42 Å². The van der Waals surface area contributed by atoms with Gasteiger partial charge in [0.15, 0.2) is 8.32 Å². The second kappa shape index (κ2) is 21.2. The standard InChI is InChI=1S/C22H38ClN2O3Si.3C4H9.Sn/c1-10-19(26)25-20(16(2)3)21(27)24-15-11-12-18(14-13-17(4)23)28-29(8,9)22(5,6)7;3*1-3-4-2;/h1,10-11,13,15-16,18,20H,12,14H2,2-9H3,(H,24,27)(H,25,26);3*1,3-4H2,2H3;/b10-1?,15-11-,17-13+;;;;/t18-,20+;;;;/m1..../s1. The molecule has 0 aliphatic carbocycles. The molecule has 0 saturated carbocycles. The number of hydrogen-bond donors (Lipinski definition) is 2. The van der Waals surface area contributed by atoms with Gasteiger partial charge in [-0.05, 0) is 25.1 Å². The van der Waals surface area contributed by atoms with E-state index in [-0.39, 0.29) is 28.9 Å². The van der Waals surface area contributed by atoms with Crippen LogP contribution in [0.1, 0.15) is 114 Å². The molecule has 0 aromatic carbocycles. The zero-order valence-corrected chi connectivity index (χ0v) is 33.6. The molecular weight excluding hydrogens is 667 g/mol. The van der Waals surface area contributed by atoms with Crippen LogP contribution in [0, 0.1) is 5.92 Å². The van der Waals surface area contributed by atoms with Crippen LogP contribution in [-0.2, 0) is 14.0 Å². The van der Waals surface area contributed by atoms with Gasteiger partial charge in [0.2, 0.25) is 0 Å². The molecule has 0 spiro atoms. The number of unbranched alkanes of at least 4 members (excludes halogenated alkanes) is 3. The van der Waals surface area contributed by atoms with E-state index in [0.717, 1.165) is 11.5 Å². The van der Waals surface area contributed by atoms with Crippen molar-refractivity contribution in [2.24, 2.45) is 5.92 Å². The molecule has 0 aliphatic heterocycles. The van der Waals surface area contributed by atoms with Crippen LogP contribution in [0.4, 0.5) is 0 Å². The Morgan fingerprint density at radius 3 is 1.90 bits per heavy atom. The molecule has 0 aromatic heterocycles. The molecule has 0 unspecified atom stereocenters. The van der Waals surface area contributed by atoms with E-state index in [2.05, 4.69) is 69.4 Å². The molecule has 2 atom stereocenters. The van der Waals surface area contributed by atoms with Gasteiger partial charge in [-0.1, -0.05) is 38.4 Å². The first-order valence-electron chi connectivity index (χ1n) is 16.5. The Balaban J connectivity index is 5.48. The molecule has 244 valence electrons. The van der Waals surface area contributed by atoms with E-state index in [1.165, 1.54) is 51.8 Å². The number of allylic oxidation sites excluding steroid dienone is 1. The van der Waals surface area contributed by atoms with Crippen molar-refractivity contribution in [3.63, 3.8) is 0 Å². The van der Waals surface area contributed by atoms with Crippen molar-refractivity contribution in [2.75, 3.05) is 0 Å². The zero-order valence-electron chi connectivity index (χ0n) is 29.0. The molecule has 0 bridgehead atoms. The summed E-state index contributed by atoms with van der Waals surface area (Å²) in [4.78, 5) is 26.2. The van der Waals surface area contributed by atoms with Gasteiger partial charge >= 0.3 is 195 Å². The number of carbonyl (C=O) groups excluding carboxylic acids is 2. The van der Waals surface area contributed by atoms with Crippen LogP contribution in [-0.4, -0.2) is 50.7 Å². The van der Waals surface area contributed by atoms with Gasteiger partial charge in [0.1, 0.15) is 0 Å². The summed E-state index contributed by atoms with van der Waals surface area (Å²) in [6, 6.07) is -0.598. The average Bonchev–Trinajstić information content (AvgIpc) is 2.90. The van der Waals surface area contributed by atoms with Crippen LogP contribution in [0.15, 0.2) is 33.6 Å². The molecular formula is C34H65ClN2O3SiSn. The van der Waals surface area contributed by atoms with Gasteiger partial charge in [-0.2, -0.15) is 0 Å². The maximum absolute atomic E-state index is 13.1. The van der Waals surface area contributed by atoms with Crippen molar-refractivity contribution in [1.82, 2.24) is 10.6 Å². The summed E-state index contributed by atoms with van der Waals surface area (Å²) in [7, 11) is -1.96. The monoisotopic (exact) mass is 732 g/mol. The Bertz CT molecular complexity index is 855. The fourth-order valence-corrected chi connectivity index (χ4v) is 20.3. The first-order chi connectivity index (χ1) is 19.5. The average molecular weight is 732 g/mol. The third kappa shape index (κ3) is 17.1. The summed E-state index contributed by atoms with van der Waals surface area (Å²) in [5.41, 5.74) is 0. The Hall–Kier alpha value is -0.574. The molecule has 0 saturated heterocycles. The Kier molecular flexibility index (Phi) is 20.9. The van der Waals surface area contributed by atoms with E-state index in [1.807, 2.05) is 32.9 Å². The van der Waals surface area contributed by atoms with Crippen molar-refractivity contribution >= 4 is 50.1 Å². The summed E-state index contributed by atoms with van der Waals surface area (Å²) >= 11 is 3.54. The van der Waals surface area contributed by atoms with E-state index >= 15 is 0 Å². The molecule has 2 amide bonds. The summed E-state index contributed by atoms with van der Waals surface area (Å²) < 4.78 is 12.9. The predicted octanol–water partition coefficient (Wildman–Crippen LogP) is 10.0. The number of amides is 2. The van der Waals surface area contributed by atoms with Crippen LogP contribution >= 0.6 is 11.6 Å². The number of rotatable bonds is 21. The van der Waals surface area contributed by atoms with Crippen molar-refractivity contribution in [3.8, 4) is 0 Å². The molecule has 0 radical (unpaired) electrons. The van der Waals surface area contributed by atoms with Crippen molar-refractivity contribution in [2.45, 2.75) is 157 Å². The maximum atomic E-state index is 13.1. The third-order valence-corrected chi connectivity index (χ3v) is 27.3. The fourth-order valence-electron chi connectivity index (χ4n) is 4.73. The first kappa shape index (κ1) is 41.4. The SMILES string of the molecule is CCC[CH2][Sn](/[CH]=C\C(=O)N[C@H](C(=O)N/C=C\C[C@H](C/C=C(\C)Cl)O[Si](C)(C)C(C)(C)C)C(C)C)([CH2]CCC)[CH2]CCC. The minimum absolute atomic E-state index is 0.0156. The summed E-state index contributed by atoms with van der Waals surface area (Å²) in [5.74, 6) is -0.376. The van der Waals surface area contributed by atoms with E-state index in [1.54, 1.807) is 12.3 Å². The quantitative estimate of drug-likeness (QED) is 0.0913. The molecule has 8 heteroatoms. The zero-order chi connectivity index (χ0) is 32.4. The van der Waals surface area contributed by atoms with Gasteiger partial charge in [-0.25, -0.2) is 0 Å². The number of nitrogens with one attached hydrogen (secondary N) is 2. The number of halogens is 1. The number of hydrogen-bond acceptors (Lipinski definition) is 3. The molecule has 2 N–H and O–H groups in total. The molecule has 0 fully saturated rings. The van der Waals surface area contributed by atoms with Gasteiger partial charge in [0, 0.05) is 5.03 Å². The predicted molar refractivity (Wildman–Crippen MR) is 189 cm³/mol. The summed E-state index contributed by atoms with van der Waals surface area (Å²) in [5, 5.41) is 6.77. The van der Waals surface area contributed by atoms with E-state index < -0.39 is 32.7 Å². The van der Waals surface area contributed by atoms with E-state index in [9.17, 15) is 9.59 Å². The molecule has 0 heterocycles. The van der Waals surface area contributed by atoms with Crippen molar-refractivity contribution in [3.05, 3.63) is 33.6 Å². The second-order valence-electron chi connectivity index (χ2n) is 13.9. The van der Waals surface area contributed by atoms with Gasteiger partial charge < -0.3 is 0 Å². The molecule has 0 aliphatic rings. The van der Waals surface area contributed by atoms with Crippen molar-refractivity contribution in [1.29, 1.82) is 0 Å². The fraction of sp³-hybridized carbons (Fsp3) is 0.765. The van der Waals surface area contributed by atoms with Crippen LogP contribution in [0.2, 0.25) is 31.4 Å². The third-order valence-electron chi connectivity index (χ3n) is 8.59. The van der Waals surface area contributed by atoms with Gasteiger partial charge in [0.25, 0.3) is 0 Å². The van der Waals surface area contributed by atoms with Crippen LogP contribution in [0.5, 0.6) is 0 Å². The van der Waals surface area contributed by atoms with Gasteiger partial charge in [0.05, 0.1) is 0 Å². The normalized spacial score (nSPS) is 15.0. The summed E-state index contributed by atoms with van der Waals surface area (Å²) in [6.45, 7) is 23.8. The Labute approximate surface area is 270 Å². The van der Waals surface area contributed by atoms with Crippen LogP contribution < -0.4 is 10.6 Å². The molecule has 0 aromatic rings. The topological polar surface area (TPSA) is 67.4 Å². The van der Waals surface area contributed by atoms with E-state index in [4.69, 9.17) is 16.0 Å². The Morgan fingerprint density at radius 2 is 1.48 bits per heavy atom. The first-order valence-corrected chi connectivity index (χ1v) is 27.5. The number of carbonyl (C=O) groups is 2. The minimum atomic E-state index is -2.57. The van der Waals surface area contributed by atoms with Gasteiger partial charge in [-0.15, -0.1) is 0 Å². The molecule has 0 rings (SSSR count). The van der Waals surface area contributed by atoms with Crippen molar-refractivity contribution < 1.29 is 14.0 Å². The summed E-state index contributed by atoms with van der Waals surface area (Å²) in [6.07, 6.45) is 16.1. The molecule has 42 heavy (non-hydrogen) atoms. The van der Waals surface area contributed by atoms with Crippen LogP contribution in [0.3, 0.4) is 0 Å². The second-order valence-corrected chi connectivity index (χ2v) is 32.3. The van der Waals surface area contributed by atoms with Crippen LogP contribution in [0.25, 0.3) is 0 Å². The Morgan fingerprint density at radius 1 is 0.952 bits per heavy atom.